The van der Waals surface area contributed by atoms with E-state index < -0.39 is 5.97 Å². The van der Waals surface area contributed by atoms with Gasteiger partial charge < -0.3 is 10.0 Å². The van der Waals surface area contributed by atoms with Gasteiger partial charge in [-0.15, -0.1) is 0 Å². The quantitative estimate of drug-likeness (QED) is 0.921. The minimum Gasteiger partial charge on any atom is -0.480 e. The highest BCUT2D eigenvalue weighted by Crippen LogP contribution is 2.19. The van der Waals surface area contributed by atoms with Gasteiger partial charge >= 0.3 is 12.0 Å². The lowest BCUT2D eigenvalue weighted by Gasteiger charge is -2.30. The third-order valence-electron chi connectivity index (χ3n) is 3.06. The van der Waals surface area contributed by atoms with E-state index in [1.807, 2.05) is 32.0 Å². The summed E-state index contributed by atoms with van der Waals surface area (Å²) in [6.45, 7) is 7.23. The van der Waals surface area contributed by atoms with Crippen molar-refractivity contribution in [3.05, 3.63) is 29.3 Å². The number of carboxylic acids is 1. The molecule has 0 atom stereocenters. The Morgan fingerprint density at radius 2 is 1.65 bits per heavy atom. The molecule has 1 N–H and O–H groups in total. The molecule has 0 radical (unpaired) electrons. The fourth-order valence-electron chi connectivity index (χ4n) is 2.06. The molecule has 2 amide bonds. The van der Waals surface area contributed by atoms with E-state index >= 15 is 0 Å². The second-order valence-electron chi connectivity index (χ2n) is 5.30. The molecular weight excluding hydrogens is 256 g/mol. The smallest absolute Gasteiger partial charge is 0.324 e. The Labute approximate surface area is 119 Å². The van der Waals surface area contributed by atoms with Crippen LogP contribution >= 0.6 is 0 Å². The monoisotopic (exact) mass is 278 g/mol. The molecule has 0 unspecified atom stereocenters. The molecule has 0 fully saturated rings. The Kier molecular flexibility index (Phi) is 5.13. The van der Waals surface area contributed by atoms with Gasteiger partial charge in [0.1, 0.15) is 6.54 Å². The van der Waals surface area contributed by atoms with Gasteiger partial charge in [0.25, 0.3) is 0 Å². The van der Waals surface area contributed by atoms with E-state index in [1.54, 1.807) is 20.9 Å². The zero-order valence-electron chi connectivity index (χ0n) is 12.7. The van der Waals surface area contributed by atoms with Crippen LogP contribution in [0.15, 0.2) is 18.2 Å². The number of nitrogens with zero attached hydrogens (tertiary/aromatic N) is 2. The van der Waals surface area contributed by atoms with Crippen molar-refractivity contribution in [1.29, 1.82) is 0 Å². The van der Waals surface area contributed by atoms with Crippen LogP contribution in [0.3, 0.4) is 0 Å². The van der Waals surface area contributed by atoms with Crippen LogP contribution < -0.4 is 4.90 Å². The number of benzene rings is 1. The molecule has 0 heterocycles. The third kappa shape index (κ3) is 3.98. The Morgan fingerprint density at radius 3 is 2.05 bits per heavy atom. The van der Waals surface area contributed by atoms with Gasteiger partial charge in [-0.2, -0.15) is 0 Å². The summed E-state index contributed by atoms with van der Waals surface area (Å²) in [6, 6.07) is 5.35. The van der Waals surface area contributed by atoms with Crippen molar-refractivity contribution in [3.8, 4) is 0 Å². The lowest BCUT2D eigenvalue weighted by atomic mass is 10.1. The Balaban J connectivity index is 3.01. The van der Waals surface area contributed by atoms with Gasteiger partial charge in [-0.25, -0.2) is 4.79 Å². The first-order chi connectivity index (χ1) is 9.22. The van der Waals surface area contributed by atoms with Crippen molar-refractivity contribution >= 4 is 17.7 Å². The van der Waals surface area contributed by atoms with Gasteiger partial charge in [0, 0.05) is 18.8 Å². The number of carbonyl (C=O) groups is 2. The molecular formula is C15H22N2O3. The van der Waals surface area contributed by atoms with Crippen LogP contribution in [0.1, 0.15) is 25.0 Å². The summed E-state index contributed by atoms with van der Waals surface area (Å²) in [4.78, 5) is 26.1. The number of carbonyl (C=O) groups excluding carboxylic acids is 1. The second kappa shape index (κ2) is 6.41. The van der Waals surface area contributed by atoms with Gasteiger partial charge in [0.2, 0.25) is 0 Å². The van der Waals surface area contributed by atoms with Crippen molar-refractivity contribution in [3.63, 3.8) is 0 Å². The number of aryl methyl sites for hydroxylation is 2. The highest BCUT2D eigenvalue weighted by atomic mass is 16.4. The van der Waals surface area contributed by atoms with E-state index in [0.29, 0.717) is 0 Å². The van der Waals surface area contributed by atoms with Crippen LogP contribution in [0.5, 0.6) is 0 Å². The van der Waals surface area contributed by atoms with Crippen LogP contribution in [-0.2, 0) is 4.79 Å². The minimum absolute atomic E-state index is 0.174. The number of urea groups is 1. The van der Waals surface area contributed by atoms with Crippen LogP contribution in [0.25, 0.3) is 0 Å². The fourth-order valence-corrected chi connectivity index (χ4v) is 2.06. The van der Waals surface area contributed by atoms with E-state index in [4.69, 9.17) is 5.11 Å². The van der Waals surface area contributed by atoms with Crippen LogP contribution in [-0.4, -0.2) is 41.6 Å². The largest absolute Gasteiger partial charge is 0.480 e. The van der Waals surface area contributed by atoms with Gasteiger partial charge in [0.05, 0.1) is 0 Å². The van der Waals surface area contributed by atoms with E-state index in [9.17, 15) is 9.59 Å². The number of hydrogen-bond acceptors (Lipinski definition) is 2. The number of aliphatic carboxylic acids is 1. The molecule has 0 saturated carbocycles. The molecule has 1 rings (SSSR count). The maximum absolute atomic E-state index is 12.4. The zero-order chi connectivity index (χ0) is 15.4. The number of amides is 2. The van der Waals surface area contributed by atoms with E-state index in [2.05, 4.69) is 0 Å². The van der Waals surface area contributed by atoms with Gasteiger partial charge in [-0.1, -0.05) is 6.07 Å². The average Bonchev–Trinajstić information content (AvgIpc) is 2.32. The summed E-state index contributed by atoms with van der Waals surface area (Å²) in [5.74, 6) is -1.01. The standard InChI is InChI=1S/C15H22N2O3/c1-10(2)17(9-14(18)19)15(20)16(5)13-7-11(3)6-12(4)8-13/h6-8,10H,9H2,1-5H3,(H,18,19). The average molecular weight is 278 g/mol. The molecule has 0 aromatic heterocycles. The van der Waals surface area contributed by atoms with Crippen LogP contribution in [0.4, 0.5) is 10.5 Å². The molecule has 0 spiro atoms. The first kappa shape index (κ1) is 16.0. The summed E-state index contributed by atoms with van der Waals surface area (Å²) >= 11 is 0. The fraction of sp³-hybridized carbons (Fsp3) is 0.467. The van der Waals surface area contributed by atoms with E-state index in [-0.39, 0.29) is 18.6 Å². The molecule has 0 bridgehead atoms. The molecule has 1 aromatic carbocycles. The summed E-state index contributed by atoms with van der Waals surface area (Å²) in [6.07, 6.45) is 0. The predicted molar refractivity (Wildman–Crippen MR) is 79.2 cm³/mol. The van der Waals surface area contributed by atoms with Crippen molar-refractivity contribution < 1.29 is 14.7 Å². The molecule has 0 aliphatic carbocycles. The van der Waals surface area contributed by atoms with Crippen molar-refractivity contribution in [2.45, 2.75) is 33.7 Å². The van der Waals surface area contributed by atoms with Crippen LogP contribution in [0, 0.1) is 13.8 Å². The summed E-state index contributed by atoms with van der Waals surface area (Å²) in [5.41, 5.74) is 2.89. The SMILES string of the molecule is Cc1cc(C)cc(N(C)C(=O)N(CC(=O)O)C(C)C)c1. The maximum atomic E-state index is 12.4. The van der Waals surface area contributed by atoms with E-state index in [0.717, 1.165) is 16.8 Å². The highest BCUT2D eigenvalue weighted by Gasteiger charge is 2.24. The molecule has 0 aliphatic rings. The molecule has 0 saturated heterocycles. The molecule has 1 aromatic rings. The molecule has 110 valence electrons. The summed E-state index contributed by atoms with van der Waals surface area (Å²) in [5, 5.41) is 8.91. The number of carboxylic acid groups (broad SMARTS) is 1. The maximum Gasteiger partial charge on any atom is 0.324 e. The Bertz CT molecular complexity index is 492. The van der Waals surface area contributed by atoms with Gasteiger partial charge in [-0.05, 0) is 51.0 Å². The topological polar surface area (TPSA) is 60.9 Å². The molecule has 5 nitrogen and oxygen atoms in total. The first-order valence-electron chi connectivity index (χ1n) is 6.56. The first-order valence-corrected chi connectivity index (χ1v) is 6.56. The minimum atomic E-state index is -1.01. The number of anilines is 1. The Morgan fingerprint density at radius 1 is 1.15 bits per heavy atom. The lowest BCUT2D eigenvalue weighted by Crippen LogP contribution is -2.47. The highest BCUT2D eigenvalue weighted by molar-refractivity contribution is 5.93. The van der Waals surface area contributed by atoms with E-state index in [1.165, 1.54) is 9.80 Å². The lowest BCUT2D eigenvalue weighted by molar-refractivity contribution is -0.137. The van der Waals surface area contributed by atoms with Crippen molar-refractivity contribution in [2.24, 2.45) is 0 Å². The predicted octanol–water partition coefficient (Wildman–Crippen LogP) is 2.65. The van der Waals surface area contributed by atoms with Gasteiger partial charge in [-0.3, -0.25) is 9.69 Å². The summed E-state index contributed by atoms with van der Waals surface area (Å²) < 4.78 is 0. The summed E-state index contributed by atoms with van der Waals surface area (Å²) in [7, 11) is 1.66. The zero-order valence-corrected chi connectivity index (χ0v) is 12.7. The third-order valence-corrected chi connectivity index (χ3v) is 3.06. The number of rotatable bonds is 4. The molecule has 0 aliphatic heterocycles. The second-order valence-corrected chi connectivity index (χ2v) is 5.30. The van der Waals surface area contributed by atoms with Crippen molar-refractivity contribution in [1.82, 2.24) is 4.90 Å². The Hall–Kier alpha value is -2.04. The normalized spacial score (nSPS) is 10.5. The van der Waals surface area contributed by atoms with Crippen LogP contribution in [0.2, 0.25) is 0 Å². The molecule has 5 heteroatoms. The van der Waals surface area contributed by atoms with Crippen molar-refractivity contribution in [2.75, 3.05) is 18.5 Å². The van der Waals surface area contributed by atoms with Gasteiger partial charge in [0.15, 0.2) is 0 Å². The number of hydrogen-bond donors (Lipinski definition) is 1. The molecule has 20 heavy (non-hydrogen) atoms.